The van der Waals surface area contributed by atoms with Gasteiger partial charge >= 0.3 is 0 Å². The summed E-state index contributed by atoms with van der Waals surface area (Å²) in [6.45, 7) is 0. The van der Waals surface area contributed by atoms with Crippen molar-refractivity contribution in [2.24, 2.45) is 0 Å². The number of nitrogens with zero attached hydrogens (tertiary/aromatic N) is 2. The Labute approximate surface area is 187 Å². The summed E-state index contributed by atoms with van der Waals surface area (Å²) in [4.78, 5) is 21.5. The zero-order chi connectivity index (χ0) is 21.8. The molecular formula is C27H23N3O2. The average Bonchev–Trinajstić information content (AvgIpc) is 2.85. The molecule has 1 N–H and O–H groups in total. The molecule has 5 nitrogen and oxygen atoms in total. The van der Waals surface area contributed by atoms with E-state index in [9.17, 15) is 4.79 Å². The molecule has 1 unspecified atom stereocenters. The highest BCUT2D eigenvalue weighted by Crippen LogP contribution is 2.30. The smallest absolute Gasteiger partial charge is 0.251 e. The first-order valence-corrected chi connectivity index (χ1v) is 10.8. The number of rotatable bonds is 5. The minimum absolute atomic E-state index is 0.0346. The van der Waals surface area contributed by atoms with Crippen LogP contribution < -0.4 is 10.1 Å². The highest BCUT2D eigenvalue weighted by atomic mass is 16.5. The number of hydrogen-bond donors (Lipinski definition) is 1. The summed E-state index contributed by atoms with van der Waals surface area (Å²) in [5.41, 5.74) is 4.86. The van der Waals surface area contributed by atoms with E-state index < -0.39 is 0 Å². The molecule has 158 valence electrons. The molecule has 0 fully saturated rings. The number of aryl methyl sites for hydroxylation is 1. The first-order chi connectivity index (χ1) is 15.8. The Morgan fingerprint density at radius 1 is 0.906 bits per heavy atom. The fourth-order valence-electron chi connectivity index (χ4n) is 4.13. The lowest BCUT2D eigenvalue weighted by Crippen LogP contribution is -2.30. The molecule has 0 bridgehead atoms. The van der Waals surface area contributed by atoms with Gasteiger partial charge in [0.15, 0.2) is 0 Å². The van der Waals surface area contributed by atoms with E-state index in [2.05, 4.69) is 33.5 Å². The highest BCUT2D eigenvalue weighted by molar-refractivity contribution is 5.94. The van der Waals surface area contributed by atoms with Gasteiger partial charge in [-0.3, -0.25) is 4.79 Å². The number of nitrogens with one attached hydrogen (secondary N) is 1. The quantitative estimate of drug-likeness (QED) is 0.446. The molecular weight excluding hydrogens is 398 g/mol. The van der Waals surface area contributed by atoms with Crippen molar-refractivity contribution in [3.63, 3.8) is 0 Å². The normalized spacial score (nSPS) is 14.9. The average molecular weight is 422 g/mol. The van der Waals surface area contributed by atoms with Crippen molar-refractivity contribution in [3.05, 3.63) is 108 Å². The van der Waals surface area contributed by atoms with Crippen molar-refractivity contribution in [2.75, 3.05) is 0 Å². The molecule has 5 heteroatoms. The second-order valence-corrected chi connectivity index (χ2v) is 7.85. The van der Waals surface area contributed by atoms with Crippen LogP contribution in [0.5, 0.6) is 11.6 Å². The van der Waals surface area contributed by atoms with Crippen LogP contribution in [0.25, 0.3) is 11.3 Å². The molecule has 1 aliphatic rings. The van der Waals surface area contributed by atoms with E-state index in [1.165, 1.54) is 17.5 Å². The molecule has 1 aliphatic carbocycles. The third kappa shape index (κ3) is 4.37. The summed E-state index contributed by atoms with van der Waals surface area (Å²) in [5, 5.41) is 3.19. The van der Waals surface area contributed by atoms with E-state index >= 15 is 0 Å². The van der Waals surface area contributed by atoms with Gasteiger partial charge in [0, 0.05) is 17.2 Å². The number of aromatic nitrogens is 2. The van der Waals surface area contributed by atoms with Crippen molar-refractivity contribution >= 4 is 5.91 Å². The Balaban J connectivity index is 1.32. The summed E-state index contributed by atoms with van der Waals surface area (Å²) in [7, 11) is 0. The lowest BCUT2D eigenvalue weighted by Gasteiger charge is -2.26. The minimum atomic E-state index is -0.107. The molecule has 0 spiro atoms. The van der Waals surface area contributed by atoms with Gasteiger partial charge in [-0.15, -0.1) is 0 Å². The zero-order valence-electron chi connectivity index (χ0n) is 17.6. The summed E-state index contributed by atoms with van der Waals surface area (Å²) >= 11 is 0. The summed E-state index contributed by atoms with van der Waals surface area (Å²) in [6.07, 6.45) is 4.56. The van der Waals surface area contributed by atoms with E-state index in [1.54, 1.807) is 18.2 Å². The molecule has 0 saturated heterocycles. The predicted molar refractivity (Wildman–Crippen MR) is 124 cm³/mol. The molecule has 4 aromatic rings. The van der Waals surface area contributed by atoms with Crippen LogP contribution in [0.2, 0.25) is 0 Å². The Kier molecular flexibility index (Phi) is 5.62. The van der Waals surface area contributed by atoms with Crippen LogP contribution in [0.4, 0.5) is 0 Å². The molecule has 1 heterocycles. The van der Waals surface area contributed by atoms with Crippen molar-refractivity contribution in [2.45, 2.75) is 25.3 Å². The molecule has 0 radical (unpaired) electrons. The second-order valence-electron chi connectivity index (χ2n) is 7.85. The first-order valence-electron chi connectivity index (χ1n) is 10.8. The topological polar surface area (TPSA) is 64.1 Å². The van der Waals surface area contributed by atoms with Crippen LogP contribution in [0.1, 0.15) is 40.4 Å². The van der Waals surface area contributed by atoms with Crippen LogP contribution in [0, 0.1) is 0 Å². The van der Waals surface area contributed by atoms with E-state index in [4.69, 9.17) is 4.74 Å². The molecule has 3 aromatic carbocycles. The number of ether oxygens (including phenoxy) is 1. The Bertz CT molecular complexity index is 1240. The molecule has 0 saturated carbocycles. The van der Waals surface area contributed by atoms with Crippen molar-refractivity contribution < 1.29 is 9.53 Å². The maximum absolute atomic E-state index is 13.0. The SMILES string of the molecule is O=C(NC1CCCc2ccccc21)c1cccc(Oc2cc(-c3ccccc3)ncn2)c1. The molecule has 1 aromatic heterocycles. The number of carbonyl (C=O) groups is 1. The second kappa shape index (κ2) is 9.02. The molecule has 1 amide bonds. The number of benzene rings is 3. The van der Waals surface area contributed by atoms with E-state index in [0.29, 0.717) is 17.2 Å². The van der Waals surface area contributed by atoms with Gasteiger partial charge in [-0.2, -0.15) is 0 Å². The minimum Gasteiger partial charge on any atom is -0.439 e. The lowest BCUT2D eigenvalue weighted by atomic mass is 9.87. The molecule has 0 aliphatic heterocycles. The fraction of sp³-hybridized carbons (Fsp3) is 0.148. The summed E-state index contributed by atoms with van der Waals surface area (Å²) < 4.78 is 5.95. The van der Waals surface area contributed by atoms with E-state index in [0.717, 1.165) is 30.5 Å². The predicted octanol–water partition coefficient (Wildman–Crippen LogP) is 5.74. The van der Waals surface area contributed by atoms with Crippen LogP contribution in [0.15, 0.2) is 91.3 Å². The molecule has 5 rings (SSSR count). The first kappa shape index (κ1) is 19.9. The van der Waals surface area contributed by atoms with Gasteiger partial charge in [-0.05, 0) is 48.6 Å². The number of hydrogen-bond acceptors (Lipinski definition) is 4. The van der Waals surface area contributed by atoms with Crippen LogP contribution in [0.3, 0.4) is 0 Å². The lowest BCUT2D eigenvalue weighted by molar-refractivity contribution is 0.0932. The summed E-state index contributed by atoms with van der Waals surface area (Å²) in [5.74, 6) is 0.877. The van der Waals surface area contributed by atoms with Crippen molar-refractivity contribution in [1.82, 2.24) is 15.3 Å². The van der Waals surface area contributed by atoms with Crippen LogP contribution >= 0.6 is 0 Å². The zero-order valence-corrected chi connectivity index (χ0v) is 17.6. The fourth-order valence-corrected chi connectivity index (χ4v) is 4.13. The number of amides is 1. The van der Waals surface area contributed by atoms with Gasteiger partial charge in [0.1, 0.15) is 12.1 Å². The van der Waals surface area contributed by atoms with Gasteiger partial charge in [-0.1, -0.05) is 60.7 Å². The molecule has 32 heavy (non-hydrogen) atoms. The van der Waals surface area contributed by atoms with Crippen LogP contribution in [-0.2, 0) is 6.42 Å². The van der Waals surface area contributed by atoms with Crippen molar-refractivity contribution in [1.29, 1.82) is 0 Å². The Morgan fingerprint density at radius 3 is 2.66 bits per heavy atom. The van der Waals surface area contributed by atoms with Gasteiger partial charge in [0.05, 0.1) is 11.7 Å². The van der Waals surface area contributed by atoms with Gasteiger partial charge in [0.25, 0.3) is 5.91 Å². The number of carbonyl (C=O) groups excluding carboxylic acids is 1. The summed E-state index contributed by atoms with van der Waals surface area (Å²) in [6, 6.07) is 27.2. The maximum Gasteiger partial charge on any atom is 0.251 e. The van der Waals surface area contributed by atoms with Crippen molar-refractivity contribution in [3.8, 4) is 22.9 Å². The van der Waals surface area contributed by atoms with Gasteiger partial charge in [-0.25, -0.2) is 9.97 Å². The van der Waals surface area contributed by atoms with Gasteiger partial charge in [0.2, 0.25) is 5.88 Å². The van der Waals surface area contributed by atoms with E-state index in [1.807, 2.05) is 48.5 Å². The maximum atomic E-state index is 13.0. The molecule has 1 atom stereocenters. The Morgan fingerprint density at radius 2 is 1.75 bits per heavy atom. The Hall–Kier alpha value is -3.99. The highest BCUT2D eigenvalue weighted by Gasteiger charge is 2.22. The van der Waals surface area contributed by atoms with Crippen LogP contribution in [-0.4, -0.2) is 15.9 Å². The number of fused-ring (bicyclic) bond motifs is 1. The largest absolute Gasteiger partial charge is 0.439 e. The standard InChI is InChI=1S/C27H23N3O2/c31-27(30-24-15-7-11-19-8-4-5-14-23(19)24)21-12-6-13-22(16-21)32-26-17-25(28-18-29-26)20-9-2-1-3-10-20/h1-6,8-10,12-14,16-18,24H,7,11,15H2,(H,30,31). The van der Waals surface area contributed by atoms with Gasteiger partial charge < -0.3 is 10.1 Å². The third-order valence-corrected chi connectivity index (χ3v) is 5.70. The monoisotopic (exact) mass is 421 g/mol. The van der Waals surface area contributed by atoms with E-state index in [-0.39, 0.29) is 11.9 Å². The third-order valence-electron chi connectivity index (χ3n) is 5.70.